The zero-order valence-electron chi connectivity index (χ0n) is 12.6. The number of hydrogen-bond acceptors (Lipinski definition) is 4. The van der Waals surface area contributed by atoms with Gasteiger partial charge >= 0.3 is 0 Å². The van der Waals surface area contributed by atoms with Crippen molar-refractivity contribution in [3.05, 3.63) is 17.2 Å². The Kier molecular flexibility index (Phi) is 5.31. The van der Waals surface area contributed by atoms with Gasteiger partial charge < -0.3 is 19.7 Å². The van der Waals surface area contributed by atoms with Crippen LogP contribution < -0.4 is 14.8 Å². The van der Waals surface area contributed by atoms with Crippen molar-refractivity contribution in [1.29, 1.82) is 0 Å². The van der Waals surface area contributed by atoms with E-state index in [9.17, 15) is 4.79 Å². The van der Waals surface area contributed by atoms with Crippen molar-refractivity contribution in [2.45, 2.75) is 12.8 Å². The summed E-state index contributed by atoms with van der Waals surface area (Å²) >= 11 is 6.06. The molecule has 6 heteroatoms. The van der Waals surface area contributed by atoms with E-state index < -0.39 is 0 Å². The second-order valence-corrected chi connectivity index (χ2v) is 5.68. The van der Waals surface area contributed by atoms with Crippen molar-refractivity contribution in [2.24, 2.45) is 5.92 Å². The molecule has 2 rings (SSSR count). The van der Waals surface area contributed by atoms with Gasteiger partial charge in [0.1, 0.15) is 11.5 Å². The number of carbonyl (C=O) groups excluding carboxylic acids is 1. The predicted molar refractivity (Wildman–Crippen MR) is 83.4 cm³/mol. The summed E-state index contributed by atoms with van der Waals surface area (Å²) < 4.78 is 10.5. The smallest absolute Gasteiger partial charge is 0.228 e. The highest BCUT2D eigenvalue weighted by Crippen LogP contribution is 2.36. The summed E-state index contributed by atoms with van der Waals surface area (Å²) in [4.78, 5) is 14.6. The summed E-state index contributed by atoms with van der Waals surface area (Å²) in [6.07, 6.45) is 1.94. The van der Waals surface area contributed by atoms with Crippen molar-refractivity contribution >= 4 is 23.2 Å². The molecule has 1 aromatic rings. The maximum absolute atomic E-state index is 12.4. The Balaban J connectivity index is 2.16. The number of benzene rings is 1. The first-order valence-corrected chi connectivity index (χ1v) is 7.34. The largest absolute Gasteiger partial charge is 0.495 e. The van der Waals surface area contributed by atoms with Gasteiger partial charge in [0.15, 0.2) is 0 Å². The monoisotopic (exact) mass is 312 g/mol. The fourth-order valence-electron chi connectivity index (χ4n) is 2.57. The topological polar surface area (TPSA) is 50.8 Å². The molecule has 1 fully saturated rings. The summed E-state index contributed by atoms with van der Waals surface area (Å²) in [6.45, 7) is 1.82. The number of nitrogens with one attached hydrogen (secondary N) is 1. The highest BCUT2D eigenvalue weighted by molar-refractivity contribution is 6.32. The van der Waals surface area contributed by atoms with Crippen LogP contribution in [0.15, 0.2) is 12.1 Å². The summed E-state index contributed by atoms with van der Waals surface area (Å²) in [7, 11) is 5.11. The van der Waals surface area contributed by atoms with Crippen molar-refractivity contribution in [1.82, 2.24) is 4.90 Å². The van der Waals surface area contributed by atoms with Gasteiger partial charge in [0.25, 0.3) is 0 Å². The third kappa shape index (κ3) is 3.80. The van der Waals surface area contributed by atoms with Gasteiger partial charge in [-0.3, -0.25) is 4.79 Å². The SMILES string of the molecule is COc1cc(NC(=O)[C@@H]2CCCN(C)C2)c(OC)cc1Cl. The number of nitrogens with zero attached hydrogens (tertiary/aromatic N) is 1. The third-order valence-corrected chi connectivity index (χ3v) is 4.02. The zero-order valence-corrected chi connectivity index (χ0v) is 13.4. The number of methoxy groups -OCH3 is 2. The van der Waals surface area contributed by atoms with Crippen LogP contribution in [0.3, 0.4) is 0 Å². The fourth-order valence-corrected chi connectivity index (χ4v) is 2.80. The molecule has 0 aromatic heterocycles. The molecule has 1 N–H and O–H groups in total. The van der Waals surface area contributed by atoms with E-state index >= 15 is 0 Å². The van der Waals surface area contributed by atoms with Gasteiger partial charge in [0.2, 0.25) is 5.91 Å². The molecule has 0 spiro atoms. The van der Waals surface area contributed by atoms with E-state index in [0.29, 0.717) is 22.2 Å². The molecular formula is C15H21ClN2O3. The van der Waals surface area contributed by atoms with Crippen molar-refractivity contribution < 1.29 is 14.3 Å². The maximum Gasteiger partial charge on any atom is 0.228 e. The van der Waals surface area contributed by atoms with Gasteiger partial charge in [-0.25, -0.2) is 0 Å². The highest BCUT2D eigenvalue weighted by atomic mass is 35.5. The molecule has 116 valence electrons. The van der Waals surface area contributed by atoms with Crippen molar-refractivity contribution in [3.63, 3.8) is 0 Å². The minimum Gasteiger partial charge on any atom is -0.495 e. The summed E-state index contributed by atoms with van der Waals surface area (Å²) in [5.41, 5.74) is 0.581. The predicted octanol–water partition coefficient (Wildman–Crippen LogP) is 2.64. The summed E-state index contributed by atoms with van der Waals surface area (Å²) in [5.74, 6) is 1.03. The lowest BCUT2D eigenvalue weighted by Crippen LogP contribution is -2.38. The van der Waals surface area contributed by atoms with Gasteiger partial charge in [-0.15, -0.1) is 0 Å². The molecule has 1 atom stereocenters. The van der Waals surface area contributed by atoms with Crippen LogP contribution >= 0.6 is 11.6 Å². The van der Waals surface area contributed by atoms with Crippen LogP contribution in [-0.4, -0.2) is 45.2 Å². The number of ether oxygens (including phenoxy) is 2. The van der Waals surface area contributed by atoms with Gasteiger partial charge in [0, 0.05) is 18.7 Å². The molecule has 0 unspecified atom stereocenters. The molecular weight excluding hydrogens is 292 g/mol. The second kappa shape index (κ2) is 7.00. The Morgan fingerprint density at radius 1 is 1.33 bits per heavy atom. The van der Waals surface area contributed by atoms with Gasteiger partial charge in [-0.1, -0.05) is 11.6 Å². The Hall–Kier alpha value is -1.46. The summed E-state index contributed by atoms with van der Waals surface area (Å²) in [6, 6.07) is 3.33. The fraction of sp³-hybridized carbons (Fsp3) is 0.533. The first kappa shape index (κ1) is 15.9. The quantitative estimate of drug-likeness (QED) is 0.928. The van der Waals surface area contributed by atoms with E-state index in [4.69, 9.17) is 21.1 Å². The standard InChI is InChI=1S/C15H21ClN2O3/c1-18-6-4-5-10(9-18)15(19)17-12-8-13(20-2)11(16)7-14(12)21-3/h7-8,10H,4-6,9H2,1-3H3,(H,17,19)/t10-/m1/s1. The molecule has 1 heterocycles. The van der Waals surface area contributed by atoms with E-state index in [0.717, 1.165) is 25.9 Å². The average molecular weight is 313 g/mol. The van der Waals surface area contributed by atoms with Crippen molar-refractivity contribution in [2.75, 3.05) is 39.7 Å². The van der Waals surface area contributed by atoms with Crippen LogP contribution in [-0.2, 0) is 4.79 Å². The Morgan fingerprint density at radius 2 is 2.05 bits per heavy atom. The lowest BCUT2D eigenvalue weighted by Gasteiger charge is -2.28. The van der Waals surface area contributed by atoms with E-state index in [2.05, 4.69) is 10.2 Å². The Morgan fingerprint density at radius 3 is 2.67 bits per heavy atom. The number of anilines is 1. The number of likely N-dealkylation sites (tertiary alicyclic amines) is 1. The maximum atomic E-state index is 12.4. The van der Waals surface area contributed by atoms with Crippen LogP contribution in [0.4, 0.5) is 5.69 Å². The molecule has 0 saturated carbocycles. The highest BCUT2D eigenvalue weighted by Gasteiger charge is 2.25. The van der Waals surface area contributed by atoms with Gasteiger partial charge in [0.05, 0.1) is 30.8 Å². The molecule has 0 radical (unpaired) electrons. The van der Waals surface area contributed by atoms with E-state index in [-0.39, 0.29) is 11.8 Å². The molecule has 5 nitrogen and oxygen atoms in total. The van der Waals surface area contributed by atoms with Gasteiger partial charge in [-0.05, 0) is 26.4 Å². The minimum absolute atomic E-state index is 0.00391. The molecule has 0 bridgehead atoms. The Bertz CT molecular complexity index is 522. The lowest BCUT2D eigenvalue weighted by molar-refractivity contribution is -0.121. The number of halogens is 1. The number of rotatable bonds is 4. The number of piperidine rings is 1. The minimum atomic E-state index is -0.00451. The molecule has 21 heavy (non-hydrogen) atoms. The normalized spacial score (nSPS) is 19.1. The zero-order chi connectivity index (χ0) is 15.4. The van der Waals surface area contributed by atoms with Crippen LogP contribution in [0, 0.1) is 5.92 Å². The van der Waals surface area contributed by atoms with E-state index in [1.54, 1.807) is 19.2 Å². The second-order valence-electron chi connectivity index (χ2n) is 5.28. The lowest BCUT2D eigenvalue weighted by atomic mass is 9.97. The third-order valence-electron chi connectivity index (χ3n) is 3.73. The molecule has 1 aliphatic heterocycles. The first-order valence-electron chi connectivity index (χ1n) is 6.96. The average Bonchev–Trinajstić information content (AvgIpc) is 2.48. The molecule has 0 aliphatic carbocycles. The van der Waals surface area contributed by atoms with Crippen molar-refractivity contribution in [3.8, 4) is 11.5 Å². The molecule has 1 aliphatic rings. The number of carbonyl (C=O) groups is 1. The Labute approximate surface area is 130 Å². The van der Waals surface area contributed by atoms with E-state index in [1.165, 1.54) is 7.11 Å². The van der Waals surface area contributed by atoms with Gasteiger partial charge in [-0.2, -0.15) is 0 Å². The molecule has 1 amide bonds. The van der Waals surface area contributed by atoms with Crippen LogP contribution in [0.25, 0.3) is 0 Å². The summed E-state index contributed by atoms with van der Waals surface area (Å²) in [5, 5.41) is 3.37. The van der Waals surface area contributed by atoms with Crippen LogP contribution in [0.1, 0.15) is 12.8 Å². The molecule has 1 saturated heterocycles. The first-order chi connectivity index (χ1) is 10.0. The van der Waals surface area contributed by atoms with Crippen LogP contribution in [0.2, 0.25) is 5.02 Å². The van der Waals surface area contributed by atoms with Crippen LogP contribution in [0.5, 0.6) is 11.5 Å². The molecule has 1 aromatic carbocycles. The number of amides is 1. The van der Waals surface area contributed by atoms with E-state index in [1.807, 2.05) is 7.05 Å². The number of hydrogen-bond donors (Lipinski definition) is 1.